The number of carbonyl (C=O) groups excluding carboxylic acids is 3. The summed E-state index contributed by atoms with van der Waals surface area (Å²) in [6.45, 7) is 0. The van der Waals surface area contributed by atoms with Crippen molar-refractivity contribution in [3.8, 4) is 0 Å². The number of non-ortho nitro benzene ring substituents is 1. The maximum absolute atomic E-state index is 13.5. The number of nitro benzene ring substituents is 1. The third-order valence-corrected chi connectivity index (χ3v) is 7.46. The molecule has 0 spiro atoms. The molecular weight excluding hydrogens is 596 g/mol. The quantitative estimate of drug-likeness (QED) is 0.130. The molecular formula is C29H19BrN4O5S. The van der Waals surface area contributed by atoms with Gasteiger partial charge >= 0.3 is 0 Å². The van der Waals surface area contributed by atoms with Crippen LogP contribution in [0, 0.1) is 10.1 Å². The van der Waals surface area contributed by atoms with E-state index >= 15 is 0 Å². The molecule has 4 aromatic carbocycles. The van der Waals surface area contributed by atoms with Crippen molar-refractivity contribution >= 4 is 68.2 Å². The van der Waals surface area contributed by atoms with Gasteiger partial charge in [0.05, 0.1) is 10.6 Å². The molecule has 1 aliphatic heterocycles. The van der Waals surface area contributed by atoms with Gasteiger partial charge in [0, 0.05) is 38.4 Å². The van der Waals surface area contributed by atoms with Crippen LogP contribution in [0.5, 0.6) is 0 Å². The zero-order chi connectivity index (χ0) is 28.2. The Kier molecular flexibility index (Phi) is 7.76. The molecule has 5 rings (SSSR count). The third kappa shape index (κ3) is 5.80. The lowest BCUT2D eigenvalue weighted by Gasteiger charge is -2.15. The van der Waals surface area contributed by atoms with Gasteiger partial charge in [0.15, 0.2) is 0 Å². The number of halogens is 1. The number of rotatable bonds is 8. The number of nitrogens with zero attached hydrogens (tertiary/aromatic N) is 2. The molecule has 0 unspecified atom stereocenters. The van der Waals surface area contributed by atoms with Crippen molar-refractivity contribution in [1.82, 2.24) is 0 Å². The van der Waals surface area contributed by atoms with Gasteiger partial charge in [0.1, 0.15) is 10.6 Å². The second-order valence-electron chi connectivity index (χ2n) is 8.50. The number of thioether (sulfide) groups is 1. The summed E-state index contributed by atoms with van der Waals surface area (Å²) in [5.41, 5.74) is 1.94. The van der Waals surface area contributed by atoms with Gasteiger partial charge in [0.25, 0.3) is 23.4 Å². The Hall–Kier alpha value is -4.74. The second kappa shape index (κ2) is 11.6. The first-order chi connectivity index (χ1) is 19.3. The molecule has 0 atom stereocenters. The molecule has 11 heteroatoms. The van der Waals surface area contributed by atoms with Crippen LogP contribution in [0.4, 0.5) is 22.7 Å². The highest BCUT2D eigenvalue weighted by atomic mass is 79.9. The Bertz CT molecular complexity index is 1640. The van der Waals surface area contributed by atoms with E-state index in [1.807, 2.05) is 12.1 Å². The Morgan fingerprint density at radius 3 is 2.05 bits per heavy atom. The Labute approximate surface area is 241 Å². The molecule has 2 N–H and O–H groups in total. The minimum Gasteiger partial charge on any atom is -0.350 e. The summed E-state index contributed by atoms with van der Waals surface area (Å²) < 4.78 is 0.877. The topological polar surface area (TPSA) is 122 Å². The average Bonchev–Trinajstić information content (AvgIpc) is 3.19. The summed E-state index contributed by atoms with van der Waals surface area (Å²) in [6, 6.07) is 28.0. The number of nitro groups is 1. The zero-order valence-electron chi connectivity index (χ0n) is 20.5. The van der Waals surface area contributed by atoms with Crippen LogP contribution >= 0.6 is 27.7 Å². The fraction of sp³-hybridized carbons (Fsp3) is 0. The number of hydrogen-bond acceptors (Lipinski definition) is 7. The smallest absolute Gasteiger partial charge is 0.283 e. The Balaban J connectivity index is 1.37. The van der Waals surface area contributed by atoms with Crippen LogP contribution in [0.1, 0.15) is 10.4 Å². The van der Waals surface area contributed by atoms with E-state index < -0.39 is 22.6 Å². The van der Waals surface area contributed by atoms with Crippen molar-refractivity contribution in [1.29, 1.82) is 0 Å². The van der Waals surface area contributed by atoms with E-state index in [-0.39, 0.29) is 21.9 Å². The van der Waals surface area contributed by atoms with E-state index in [1.165, 1.54) is 24.3 Å². The van der Waals surface area contributed by atoms with E-state index in [0.717, 1.165) is 21.1 Å². The number of imide groups is 1. The molecule has 1 heterocycles. The van der Waals surface area contributed by atoms with E-state index in [4.69, 9.17) is 0 Å². The predicted molar refractivity (Wildman–Crippen MR) is 157 cm³/mol. The zero-order valence-corrected chi connectivity index (χ0v) is 22.9. The summed E-state index contributed by atoms with van der Waals surface area (Å²) >= 11 is 4.53. The molecule has 0 saturated carbocycles. The summed E-state index contributed by atoms with van der Waals surface area (Å²) in [7, 11) is 0. The first-order valence-electron chi connectivity index (χ1n) is 11.8. The molecule has 3 amide bonds. The van der Waals surface area contributed by atoms with Crippen LogP contribution in [0.2, 0.25) is 0 Å². The van der Waals surface area contributed by atoms with Gasteiger partial charge in [-0.1, -0.05) is 45.9 Å². The van der Waals surface area contributed by atoms with Crippen molar-refractivity contribution in [3.63, 3.8) is 0 Å². The predicted octanol–water partition coefficient (Wildman–Crippen LogP) is 6.60. The van der Waals surface area contributed by atoms with Crippen molar-refractivity contribution in [3.05, 3.63) is 134 Å². The standard InChI is InChI=1S/C29H19BrN4O5S/c30-19-8-10-20(11-9-19)31-25-26(29(37)33(28(25)36)22-4-2-1-3-5-22)40-24-16-12-21(13-17-24)32-27(35)18-6-14-23(15-7-18)34(38)39/h1-17,31H,(H,32,35). The largest absolute Gasteiger partial charge is 0.350 e. The highest BCUT2D eigenvalue weighted by molar-refractivity contribution is 9.10. The molecule has 0 radical (unpaired) electrons. The van der Waals surface area contributed by atoms with E-state index in [9.17, 15) is 24.5 Å². The van der Waals surface area contributed by atoms with Crippen LogP contribution in [-0.4, -0.2) is 22.6 Å². The lowest BCUT2D eigenvalue weighted by Crippen LogP contribution is -2.32. The SMILES string of the molecule is O=C(Nc1ccc(SC2=C(Nc3ccc(Br)cc3)C(=O)N(c3ccccc3)C2=O)cc1)c1ccc([N+](=O)[O-])cc1. The number of carbonyl (C=O) groups is 3. The molecule has 0 fully saturated rings. The molecule has 0 saturated heterocycles. The minimum absolute atomic E-state index is 0.105. The van der Waals surface area contributed by atoms with Crippen molar-refractivity contribution < 1.29 is 19.3 Å². The van der Waals surface area contributed by atoms with Crippen molar-refractivity contribution in [2.24, 2.45) is 0 Å². The number of anilines is 3. The number of hydrogen-bond donors (Lipinski definition) is 2. The number of amides is 3. The van der Waals surface area contributed by atoms with Crippen LogP contribution in [-0.2, 0) is 9.59 Å². The molecule has 4 aromatic rings. The second-order valence-corrected chi connectivity index (χ2v) is 10.5. The molecule has 0 bridgehead atoms. The average molecular weight is 615 g/mol. The minimum atomic E-state index is -0.533. The first kappa shape index (κ1) is 26.9. The summed E-state index contributed by atoms with van der Waals surface area (Å²) in [5.74, 6) is -1.33. The van der Waals surface area contributed by atoms with Gasteiger partial charge < -0.3 is 10.6 Å². The van der Waals surface area contributed by atoms with Crippen molar-refractivity contribution in [2.75, 3.05) is 15.5 Å². The number of para-hydroxylation sites is 1. The highest BCUT2D eigenvalue weighted by Crippen LogP contribution is 2.38. The highest BCUT2D eigenvalue weighted by Gasteiger charge is 2.40. The fourth-order valence-electron chi connectivity index (χ4n) is 3.87. The van der Waals surface area contributed by atoms with Gasteiger partial charge in [-0.05, 0) is 72.8 Å². The van der Waals surface area contributed by atoms with Crippen LogP contribution in [0.25, 0.3) is 0 Å². The normalized spacial score (nSPS) is 13.0. The summed E-state index contributed by atoms with van der Waals surface area (Å²) in [6.07, 6.45) is 0. The molecule has 9 nitrogen and oxygen atoms in total. The van der Waals surface area contributed by atoms with E-state index in [1.54, 1.807) is 66.7 Å². The Morgan fingerprint density at radius 2 is 1.43 bits per heavy atom. The number of nitrogens with one attached hydrogen (secondary N) is 2. The molecule has 198 valence electrons. The summed E-state index contributed by atoms with van der Waals surface area (Å²) in [5, 5.41) is 16.7. The lowest BCUT2D eigenvalue weighted by atomic mass is 10.2. The van der Waals surface area contributed by atoms with Crippen LogP contribution in [0.3, 0.4) is 0 Å². The van der Waals surface area contributed by atoms with Gasteiger partial charge in [-0.15, -0.1) is 0 Å². The molecule has 0 aromatic heterocycles. The third-order valence-electron chi connectivity index (χ3n) is 5.84. The summed E-state index contributed by atoms with van der Waals surface area (Å²) in [4.78, 5) is 51.8. The maximum atomic E-state index is 13.5. The van der Waals surface area contributed by atoms with E-state index in [2.05, 4.69) is 26.6 Å². The monoisotopic (exact) mass is 614 g/mol. The fourth-order valence-corrected chi connectivity index (χ4v) is 5.06. The maximum Gasteiger partial charge on any atom is 0.283 e. The first-order valence-corrected chi connectivity index (χ1v) is 13.5. The van der Waals surface area contributed by atoms with Crippen LogP contribution < -0.4 is 15.5 Å². The van der Waals surface area contributed by atoms with Gasteiger partial charge in [0.2, 0.25) is 0 Å². The molecule has 0 aliphatic carbocycles. The van der Waals surface area contributed by atoms with Gasteiger partial charge in [-0.2, -0.15) is 0 Å². The van der Waals surface area contributed by atoms with Crippen molar-refractivity contribution in [2.45, 2.75) is 4.90 Å². The lowest BCUT2D eigenvalue weighted by molar-refractivity contribution is -0.384. The molecule has 40 heavy (non-hydrogen) atoms. The van der Waals surface area contributed by atoms with Gasteiger partial charge in [-0.25, -0.2) is 4.90 Å². The number of benzene rings is 4. The Morgan fingerprint density at radius 1 is 0.800 bits per heavy atom. The van der Waals surface area contributed by atoms with Crippen LogP contribution in [0.15, 0.2) is 123 Å². The molecule has 1 aliphatic rings. The van der Waals surface area contributed by atoms with E-state index in [0.29, 0.717) is 22.0 Å². The van der Waals surface area contributed by atoms with Gasteiger partial charge in [-0.3, -0.25) is 24.5 Å².